The Morgan fingerprint density at radius 2 is 2.29 bits per heavy atom. The predicted octanol–water partition coefficient (Wildman–Crippen LogP) is -0.312. The predicted molar refractivity (Wildman–Crippen MR) is 61.7 cm³/mol. The monoisotopic (exact) mass is 244 g/mol. The number of carboxylic acid groups (broad SMARTS) is 1. The minimum absolute atomic E-state index is 0.00408. The molecule has 0 spiro atoms. The van der Waals surface area contributed by atoms with Crippen LogP contribution in [0, 0.1) is 0 Å². The molecule has 6 heteroatoms. The fourth-order valence-electron chi connectivity index (χ4n) is 1.82. The molecule has 1 rings (SSSR count). The number of rotatable bonds is 6. The zero-order valence-corrected chi connectivity index (χ0v) is 10.1. The molecule has 1 saturated heterocycles. The molecule has 1 heterocycles. The van der Waals surface area contributed by atoms with Crippen LogP contribution in [0.25, 0.3) is 0 Å². The molecule has 1 aliphatic heterocycles. The first kappa shape index (κ1) is 13.9. The molecular weight excluding hydrogens is 224 g/mol. The summed E-state index contributed by atoms with van der Waals surface area (Å²) in [6.07, 6.45) is 1.06. The lowest BCUT2D eigenvalue weighted by Gasteiger charge is -2.26. The second-order valence-electron chi connectivity index (χ2n) is 4.14. The Balaban J connectivity index is 2.42. The van der Waals surface area contributed by atoms with E-state index >= 15 is 0 Å². The smallest absolute Gasteiger partial charge is 0.323 e. The normalized spacial score (nSPS) is 19.9. The van der Waals surface area contributed by atoms with Gasteiger partial charge < -0.3 is 20.1 Å². The summed E-state index contributed by atoms with van der Waals surface area (Å²) in [4.78, 5) is 23.9. The molecule has 0 bridgehead atoms. The molecule has 98 valence electrons. The van der Waals surface area contributed by atoms with Gasteiger partial charge in [-0.15, -0.1) is 0 Å². The molecule has 0 saturated carbocycles. The molecule has 6 nitrogen and oxygen atoms in total. The molecule has 1 atom stereocenters. The Labute approximate surface area is 101 Å². The Hall–Kier alpha value is -1.14. The number of carboxylic acids is 1. The Kier molecular flexibility index (Phi) is 5.93. The number of morpholine rings is 1. The summed E-state index contributed by atoms with van der Waals surface area (Å²) in [6.45, 7) is 4.10. The SMILES string of the molecule is CCCN(CC(=O)O)C(=O)CC1COCCN1. The maximum atomic E-state index is 11.9. The van der Waals surface area contributed by atoms with Crippen molar-refractivity contribution in [2.45, 2.75) is 25.8 Å². The number of ether oxygens (including phenoxy) is 1. The van der Waals surface area contributed by atoms with Gasteiger partial charge in [0.05, 0.1) is 13.2 Å². The first-order chi connectivity index (χ1) is 8.13. The molecule has 1 amide bonds. The average Bonchev–Trinajstić information content (AvgIpc) is 2.29. The summed E-state index contributed by atoms with van der Waals surface area (Å²) >= 11 is 0. The van der Waals surface area contributed by atoms with Gasteiger partial charge >= 0.3 is 5.97 Å². The largest absolute Gasteiger partial charge is 0.480 e. The molecule has 2 N–H and O–H groups in total. The molecule has 1 aliphatic rings. The van der Waals surface area contributed by atoms with Gasteiger partial charge in [0.15, 0.2) is 0 Å². The van der Waals surface area contributed by atoms with Gasteiger partial charge in [0, 0.05) is 25.6 Å². The van der Waals surface area contributed by atoms with Crippen molar-refractivity contribution in [2.75, 3.05) is 32.8 Å². The summed E-state index contributed by atoms with van der Waals surface area (Å²) in [6, 6.07) is 0.00408. The minimum atomic E-state index is -0.973. The molecule has 17 heavy (non-hydrogen) atoms. The van der Waals surface area contributed by atoms with Crippen LogP contribution in [0.5, 0.6) is 0 Å². The number of nitrogens with one attached hydrogen (secondary N) is 1. The van der Waals surface area contributed by atoms with Crippen molar-refractivity contribution in [1.29, 1.82) is 0 Å². The van der Waals surface area contributed by atoms with Crippen LogP contribution < -0.4 is 5.32 Å². The van der Waals surface area contributed by atoms with E-state index in [-0.39, 0.29) is 18.5 Å². The molecule has 0 aromatic heterocycles. The number of hydrogen-bond acceptors (Lipinski definition) is 4. The second-order valence-corrected chi connectivity index (χ2v) is 4.14. The highest BCUT2D eigenvalue weighted by Crippen LogP contribution is 2.03. The van der Waals surface area contributed by atoms with Crippen LogP contribution in [0.2, 0.25) is 0 Å². The minimum Gasteiger partial charge on any atom is -0.480 e. The third-order valence-electron chi connectivity index (χ3n) is 2.59. The topological polar surface area (TPSA) is 78.9 Å². The van der Waals surface area contributed by atoms with E-state index in [4.69, 9.17) is 9.84 Å². The van der Waals surface area contributed by atoms with Crippen LogP contribution in [0.1, 0.15) is 19.8 Å². The lowest BCUT2D eigenvalue weighted by molar-refractivity contribution is -0.145. The standard InChI is InChI=1S/C11H20N2O4/c1-2-4-13(7-11(15)16)10(14)6-9-8-17-5-3-12-9/h9,12H,2-8H2,1H3,(H,15,16). The highest BCUT2D eigenvalue weighted by Gasteiger charge is 2.21. The van der Waals surface area contributed by atoms with E-state index in [1.165, 1.54) is 4.90 Å². The number of amides is 1. The van der Waals surface area contributed by atoms with Crippen molar-refractivity contribution in [3.8, 4) is 0 Å². The van der Waals surface area contributed by atoms with Gasteiger partial charge in [-0.1, -0.05) is 6.92 Å². The van der Waals surface area contributed by atoms with Crippen molar-refractivity contribution < 1.29 is 19.4 Å². The lowest BCUT2D eigenvalue weighted by atomic mass is 10.1. The highest BCUT2D eigenvalue weighted by molar-refractivity contribution is 5.81. The average molecular weight is 244 g/mol. The van der Waals surface area contributed by atoms with E-state index in [1.807, 2.05) is 6.92 Å². The van der Waals surface area contributed by atoms with Gasteiger partial charge in [-0.2, -0.15) is 0 Å². The van der Waals surface area contributed by atoms with E-state index < -0.39 is 5.97 Å². The molecular formula is C11H20N2O4. The maximum absolute atomic E-state index is 11.9. The van der Waals surface area contributed by atoms with Crippen LogP contribution in [0.4, 0.5) is 0 Å². The number of aliphatic carboxylic acids is 1. The van der Waals surface area contributed by atoms with E-state index in [0.29, 0.717) is 26.2 Å². The molecule has 1 unspecified atom stereocenters. The van der Waals surface area contributed by atoms with Crippen LogP contribution >= 0.6 is 0 Å². The van der Waals surface area contributed by atoms with E-state index in [2.05, 4.69) is 5.32 Å². The quantitative estimate of drug-likeness (QED) is 0.670. The van der Waals surface area contributed by atoms with E-state index in [9.17, 15) is 9.59 Å². The van der Waals surface area contributed by atoms with E-state index in [1.54, 1.807) is 0 Å². The Morgan fingerprint density at radius 1 is 1.53 bits per heavy atom. The van der Waals surface area contributed by atoms with Gasteiger partial charge in [-0.25, -0.2) is 0 Å². The fourth-order valence-corrected chi connectivity index (χ4v) is 1.82. The second kappa shape index (κ2) is 7.24. The van der Waals surface area contributed by atoms with Gasteiger partial charge in [0.1, 0.15) is 6.54 Å². The lowest BCUT2D eigenvalue weighted by Crippen LogP contribution is -2.46. The van der Waals surface area contributed by atoms with Gasteiger partial charge in [0.2, 0.25) is 5.91 Å². The maximum Gasteiger partial charge on any atom is 0.323 e. The number of hydrogen-bond donors (Lipinski definition) is 2. The van der Waals surface area contributed by atoms with Crippen LogP contribution in [0.15, 0.2) is 0 Å². The summed E-state index contributed by atoms with van der Waals surface area (Å²) < 4.78 is 5.25. The molecule has 0 aromatic rings. The van der Waals surface area contributed by atoms with Crippen LogP contribution in [-0.2, 0) is 14.3 Å². The Morgan fingerprint density at radius 3 is 2.82 bits per heavy atom. The van der Waals surface area contributed by atoms with E-state index in [0.717, 1.165) is 13.0 Å². The zero-order valence-electron chi connectivity index (χ0n) is 10.1. The first-order valence-corrected chi connectivity index (χ1v) is 5.94. The van der Waals surface area contributed by atoms with Crippen LogP contribution in [-0.4, -0.2) is 60.8 Å². The van der Waals surface area contributed by atoms with Crippen molar-refractivity contribution in [2.24, 2.45) is 0 Å². The third-order valence-corrected chi connectivity index (χ3v) is 2.59. The van der Waals surface area contributed by atoms with Crippen molar-refractivity contribution in [3.63, 3.8) is 0 Å². The number of carbonyl (C=O) groups is 2. The molecule has 0 radical (unpaired) electrons. The van der Waals surface area contributed by atoms with Crippen molar-refractivity contribution >= 4 is 11.9 Å². The number of carbonyl (C=O) groups excluding carboxylic acids is 1. The highest BCUT2D eigenvalue weighted by atomic mass is 16.5. The van der Waals surface area contributed by atoms with Crippen molar-refractivity contribution in [1.82, 2.24) is 10.2 Å². The number of nitrogens with zero attached hydrogens (tertiary/aromatic N) is 1. The molecule has 0 aromatic carbocycles. The van der Waals surface area contributed by atoms with Gasteiger partial charge in [-0.3, -0.25) is 9.59 Å². The molecule has 1 fully saturated rings. The summed E-state index contributed by atoms with van der Waals surface area (Å²) in [5.41, 5.74) is 0. The fraction of sp³-hybridized carbons (Fsp3) is 0.818. The van der Waals surface area contributed by atoms with Crippen molar-refractivity contribution in [3.05, 3.63) is 0 Å². The summed E-state index contributed by atoms with van der Waals surface area (Å²) in [5, 5.41) is 11.9. The molecule has 0 aliphatic carbocycles. The summed E-state index contributed by atoms with van der Waals surface area (Å²) in [5.74, 6) is -1.10. The first-order valence-electron chi connectivity index (χ1n) is 5.94. The van der Waals surface area contributed by atoms with Crippen LogP contribution in [0.3, 0.4) is 0 Å². The van der Waals surface area contributed by atoms with Gasteiger partial charge in [-0.05, 0) is 6.42 Å². The zero-order chi connectivity index (χ0) is 12.7. The third kappa shape index (κ3) is 5.14. The Bertz CT molecular complexity index is 264. The summed E-state index contributed by atoms with van der Waals surface area (Å²) in [7, 11) is 0. The van der Waals surface area contributed by atoms with Gasteiger partial charge in [0.25, 0.3) is 0 Å².